The number of hydrogen-bond acceptors (Lipinski definition) is 7. The van der Waals surface area contributed by atoms with Crippen molar-refractivity contribution < 1.29 is 23.8 Å². The molecule has 3 aromatic rings. The van der Waals surface area contributed by atoms with Gasteiger partial charge in [0.05, 0.1) is 30.4 Å². The highest BCUT2D eigenvalue weighted by molar-refractivity contribution is 7.07. The molecule has 1 amide bonds. The summed E-state index contributed by atoms with van der Waals surface area (Å²) in [6.07, 6.45) is 4.90. The predicted octanol–water partition coefficient (Wildman–Crippen LogP) is 1.54. The number of hydrogen-bond donors (Lipinski definition) is 1. The average Bonchev–Trinajstić information content (AvgIpc) is 3.47. The number of benzene rings is 2. The molecule has 8 nitrogen and oxygen atoms in total. The molecule has 0 bridgehead atoms. The van der Waals surface area contributed by atoms with Crippen molar-refractivity contribution in [2.24, 2.45) is 0 Å². The van der Waals surface area contributed by atoms with Crippen molar-refractivity contribution in [3.8, 4) is 5.75 Å². The zero-order valence-electron chi connectivity index (χ0n) is 19.7. The maximum atomic E-state index is 13.2. The Morgan fingerprint density at radius 2 is 2.03 bits per heavy atom. The minimum Gasteiger partial charge on any atom is -0.497 e. The van der Waals surface area contributed by atoms with E-state index < -0.39 is 5.97 Å². The van der Waals surface area contributed by atoms with E-state index in [1.54, 1.807) is 20.1 Å². The van der Waals surface area contributed by atoms with Crippen LogP contribution in [0.3, 0.4) is 0 Å². The molecular weight excluding hydrogens is 468 g/mol. The summed E-state index contributed by atoms with van der Waals surface area (Å²) in [5.74, 6) is -0.106. The van der Waals surface area contributed by atoms with Gasteiger partial charge in [0.25, 0.3) is 5.56 Å². The lowest BCUT2D eigenvalue weighted by atomic mass is 10.1. The number of amides is 1. The quantitative estimate of drug-likeness (QED) is 0.476. The summed E-state index contributed by atoms with van der Waals surface area (Å²) < 4.78 is 17.9. The molecule has 1 aromatic heterocycles. The Hall–Kier alpha value is -3.43. The minimum absolute atomic E-state index is 0.000442. The molecule has 0 spiro atoms. The highest BCUT2D eigenvalue weighted by Gasteiger charge is 2.17. The molecule has 1 saturated heterocycles. The largest absolute Gasteiger partial charge is 0.497 e. The lowest BCUT2D eigenvalue weighted by Crippen LogP contribution is -2.40. The number of carbonyl (C=O) groups is 2. The SMILES string of the molecule is CCOC(=O)/C=c1/s/c(=C/c2ccc3cc(OC)ccc3c2)c(=O)n1CC(=O)NCC1CCCO1. The van der Waals surface area contributed by atoms with Gasteiger partial charge >= 0.3 is 5.97 Å². The van der Waals surface area contributed by atoms with Gasteiger partial charge in [0.1, 0.15) is 17.0 Å². The molecular formula is C26H28N2O6S. The van der Waals surface area contributed by atoms with Crippen molar-refractivity contribution in [1.29, 1.82) is 0 Å². The van der Waals surface area contributed by atoms with Crippen LogP contribution in [0, 0.1) is 0 Å². The van der Waals surface area contributed by atoms with Crippen LogP contribution in [0.1, 0.15) is 25.3 Å². The zero-order chi connectivity index (χ0) is 24.8. The normalized spacial score (nSPS) is 16.6. The summed E-state index contributed by atoms with van der Waals surface area (Å²) >= 11 is 1.15. The van der Waals surface area contributed by atoms with E-state index in [-0.39, 0.29) is 30.7 Å². The van der Waals surface area contributed by atoms with E-state index in [0.29, 0.717) is 22.3 Å². The zero-order valence-corrected chi connectivity index (χ0v) is 20.6. The molecule has 0 radical (unpaired) electrons. The summed E-state index contributed by atoms with van der Waals surface area (Å²) in [6, 6.07) is 11.6. The van der Waals surface area contributed by atoms with Gasteiger partial charge in [-0.3, -0.25) is 14.2 Å². The van der Waals surface area contributed by atoms with Crippen molar-refractivity contribution in [2.45, 2.75) is 32.4 Å². The van der Waals surface area contributed by atoms with Crippen molar-refractivity contribution in [3.05, 3.63) is 61.5 Å². The number of carbonyl (C=O) groups excluding carboxylic acids is 2. The molecule has 9 heteroatoms. The van der Waals surface area contributed by atoms with E-state index >= 15 is 0 Å². The number of thiazole rings is 1. The van der Waals surface area contributed by atoms with Crippen LogP contribution in [0.5, 0.6) is 5.75 Å². The molecule has 2 heterocycles. The molecule has 1 N–H and O–H groups in total. The van der Waals surface area contributed by atoms with Crippen LogP contribution < -0.4 is 24.8 Å². The number of ether oxygens (including phenoxy) is 3. The molecule has 0 saturated carbocycles. The second-order valence-corrected chi connectivity index (χ2v) is 9.21. The number of aromatic nitrogens is 1. The Kier molecular flexibility index (Phi) is 7.99. The number of methoxy groups -OCH3 is 1. The van der Waals surface area contributed by atoms with Gasteiger partial charge < -0.3 is 19.5 Å². The molecule has 184 valence electrons. The summed E-state index contributed by atoms with van der Waals surface area (Å²) in [4.78, 5) is 37.9. The first kappa shape index (κ1) is 24.7. The van der Waals surface area contributed by atoms with E-state index in [9.17, 15) is 14.4 Å². The Morgan fingerprint density at radius 3 is 2.77 bits per heavy atom. The summed E-state index contributed by atoms with van der Waals surface area (Å²) in [7, 11) is 1.62. The summed E-state index contributed by atoms with van der Waals surface area (Å²) in [5.41, 5.74) is 0.492. The second kappa shape index (κ2) is 11.3. The van der Waals surface area contributed by atoms with Crippen LogP contribution in [0.15, 0.2) is 41.2 Å². The van der Waals surface area contributed by atoms with Gasteiger partial charge in [0.15, 0.2) is 0 Å². The lowest BCUT2D eigenvalue weighted by molar-refractivity contribution is -0.135. The van der Waals surface area contributed by atoms with Gasteiger partial charge in [-0.15, -0.1) is 11.3 Å². The first-order chi connectivity index (χ1) is 17.0. The van der Waals surface area contributed by atoms with Crippen LogP contribution in [-0.2, 0) is 25.6 Å². The first-order valence-electron chi connectivity index (χ1n) is 11.5. The first-order valence-corrected chi connectivity index (χ1v) is 12.3. The van der Waals surface area contributed by atoms with Crippen LogP contribution in [-0.4, -0.2) is 49.4 Å². The molecule has 4 rings (SSSR count). The van der Waals surface area contributed by atoms with Gasteiger partial charge in [0.2, 0.25) is 5.91 Å². The molecule has 35 heavy (non-hydrogen) atoms. The smallest absolute Gasteiger partial charge is 0.333 e. The third-order valence-corrected chi connectivity index (χ3v) is 6.75. The number of fused-ring (bicyclic) bond motifs is 1. The Bertz CT molecular complexity index is 1400. The topological polar surface area (TPSA) is 95.9 Å². The second-order valence-electron chi connectivity index (χ2n) is 8.15. The molecule has 2 aromatic carbocycles. The fourth-order valence-corrected chi connectivity index (χ4v) is 4.95. The fraction of sp³-hybridized carbons (Fsp3) is 0.346. The average molecular weight is 497 g/mol. The van der Waals surface area contributed by atoms with Crippen molar-refractivity contribution in [1.82, 2.24) is 9.88 Å². The third kappa shape index (κ3) is 6.17. The molecule has 1 aliphatic rings. The molecule has 1 unspecified atom stereocenters. The maximum Gasteiger partial charge on any atom is 0.333 e. The third-order valence-electron chi connectivity index (χ3n) is 5.69. The Morgan fingerprint density at radius 1 is 1.23 bits per heavy atom. The Balaban J connectivity index is 1.66. The number of esters is 1. The van der Waals surface area contributed by atoms with Crippen LogP contribution in [0.25, 0.3) is 22.9 Å². The van der Waals surface area contributed by atoms with Gasteiger partial charge in [-0.25, -0.2) is 4.79 Å². The summed E-state index contributed by atoms with van der Waals surface area (Å²) in [6.45, 7) is 2.83. The maximum absolute atomic E-state index is 13.2. The standard InChI is InChI=1S/C26H28N2O6S/c1-3-33-25(30)14-24-28(16-23(29)27-15-21-5-4-10-34-21)26(31)22(35-24)12-17-6-7-19-13-20(32-2)9-8-18(19)11-17/h6-9,11-14,21H,3-5,10,15-16H2,1-2H3,(H,27,29)/b22-12+,24-14+. The van der Waals surface area contributed by atoms with Crippen molar-refractivity contribution in [3.63, 3.8) is 0 Å². The highest BCUT2D eigenvalue weighted by atomic mass is 32.1. The van der Waals surface area contributed by atoms with Crippen LogP contribution >= 0.6 is 11.3 Å². The van der Waals surface area contributed by atoms with E-state index in [4.69, 9.17) is 14.2 Å². The van der Waals surface area contributed by atoms with Gasteiger partial charge in [-0.05, 0) is 60.4 Å². The van der Waals surface area contributed by atoms with E-state index in [1.807, 2.05) is 36.4 Å². The molecule has 1 fully saturated rings. The lowest BCUT2D eigenvalue weighted by Gasteiger charge is -2.10. The monoisotopic (exact) mass is 496 g/mol. The number of nitrogens with zero attached hydrogens (tertiary/aromatic N) is 1. The Labute approximate surface area is 206 Å². The van der Waals surface area contributed by atoms with E-state index in [2.05, 4.69) is 5.32 Å². The number of nitrogens with one attached hydrogen (secondary N) is 1. The molecule has 0 aliphatic carbocycles. The summed E-state index contributed by atoms with van der Waals surface area (Å²) in [5, 5.41) is 4.85. The van der Waals surface area contributed by atoms with Crippen molar-refractivity contribution >= 4 is 46.1 Å². The molecule has 1 aliphatic heterocycles. The number of rotatable bonds is 8. The van der Waals surface area contributed by atoms with Gasteiger partial charge in [-0.2, -0.15) is 0 Å². The molecule has 1 atom stereocenters. The fourth-order valence-electron chi connectivity index (χ4n) is 3.92. The van der Waals surface area contributed by atoms with E-state index in [1.165, 1.54) is 10.6 Å². The van der Waals surface area contributed by atoms with Gasteiger partial charge in [-0.1, -0.05) is 18.2 Å². The van der Waals surface area contributed by atoms with Crippen LogP contribution in [0.2, 0.25) is 0 Å². The van der Waals surface area contributed by atoms with Gasteiger partial charge in [0, 0.05) is 13.2 Å². The predicted molar refractivity (Wildman–Crippen MR) is 135 cm³/mol. The highest BCUT2D eigenvalue weighted by Crippen LogP contribution is 2.22. The minimum atomic E-state index is -0.562. The van der Waals surface area contributed by atoms with E-state index in [0.717, 1.165) is 46.3 Å². The van der Waals surface area contributed by atoms with Crippen LogP contribution in [0.4, 0.5) is 0 Å². The van der Waals surface area contributed by atoms with Crippen molar-refractivity contribution in [2.75, 3.05) is 26.9 Å².